The van der Waals surface area contributed by atoms with Gasteiger partial charge in [0.2, 0.25) is 0 Å². The van der Waals surface area contributed by atoms with Crippen molar-refractivity contribution in [2.24, 2.45) is 7.05 Å². The average Bonchev–Trinajstić information content (AvgIpc) is 2.77. The van der Waals surface area contributed by atoms with Crippen LogP contribution >= 0.6 is 0 Å². The van der Waals surface area contributed by atoms with Crippen LogP contribution in [0, 0.1) is 0 Å². The second kappa shape index (κ2) is 4.28. The molecule has 0 saturated carbocycles. The Morgan fingerprint density at radius 1 is 1.00 bits per heavy atom. The van der Waals surface area contributed by atoms with Crippen LogP contribution in [0.2, 0.25) is 0 Å². The van der Waals surface area contributed by atoms with Gasteiger partial charge in [-0.3, -0.25) is 4.79 Å². The smallest absolute Gasteiger partial charge is 0.198 e. The summed E-state index contributed by atoms with van der Waals surface area (Å²) in [5, 5.41) is 10.7. The summed E-state index contributed by atoms with van der Waals surface area (Å²) in [7, 11) is 1.91. The van der Waals surface area contributed by atoms with Crippen LogP contribution in [0.15, 0.2) is 54.7 Å². The normalized spacial score (nSPS) is 10.8. The average molecular weight is 251 g/mol. The van der Waals surface area contributed by atoms with E-state index in [1.165, 1.54) is 6.07 Å². The molecule has 1 heterocycles. The van der Waals surface area contributed by atoms with Gasteiger partial charge in [0, 0.05) is 29.7 Å². The SMILES string of the molecule is Cn1cc(C(=O)c2ccccc2O)c2ccccc21. The molecule has 0 radical (unpaired) electrons. The highest BCUT2D eigenvalue weighted by atomic mass is 16.3. The molecule has 0 fully saturated rings. The van der Waals surface area contributed by atoms with Gasteiger partial charge in [0.05, 0.1) is 5.56 Å². The largest absolute Gasteiger partial charge is 0.507 e. The Balaban J connectivity index is 2.20. The van der Waals surface area contributed by atoms with Crippen LogP contribution < -0.4 is 0 Å². The number of aromatic nitrogens is 1. The number of aromatic hydroxyl groups is 1. The molecule has 1 N–H and O–H groups in total. The molecule has 0 aliphatic carbocycles. The first-order valence-electron chi connectivity index (χ1n) is 6.05. The van der Waals surface area contributed by atoms with E-state index in [4.69, 9.17) is 0 Å². The van der Waals surface area contributed by atoms with Crippen LogP contribution in [-0.4, -0.2) is 15.5 Å². The molecule has 94 valence electrons. The van der Waals surface area contributed by atoms with Gasteiger partial charge in [0.1, 0.15) is 5.75 Å². The van der Waals surface area contributed by atoms with Gasteiger partial charge < -0.3 is 9.67 Å². The minimum Gasteiger partial charge on any atom is -0.507 e. The molecule has 2 aromatic carbocycles. The molecule has 0 aliphatic rings. The fourth-order valence-electron chi connectivity index (χ4n) is 2.33. The highest BCUT2D eigenvalue weighted by Crippen LogP contribution is 2.26. The van der Waals surface area contributed by atoms with Crippen LogP contribution in [0.1, 0.15) is 15.9 Å². The Labute approximate surface area is 110 Å². The topological polar surface area (TPSA) is 42.2 Å². The number of aryl methyl sites for hydroxylation is 1. The highest BCUT2D eigenvalue weighted by molar-refractivity contribution is 6.17. The van der Waals surface area contributed by atoms with Crippen molar-refractivity contribution < 1.29 is 9.90 Å². The summed E-state index contributed by atoms with van der Waals surface area (Å²) in [6, 6.07) is 14.4. The van der Waals surface area contributed by atoms with Crippen LogP contribution in [0.3, 0.4) is 0 Å². The van der Waals surface area contributed by atoms with Gasteiger partial charge in [-0.2, -0.15) is 0 Å². The zero-order valence-corrected chi connectivity index (χ0v) is 10.5. The van der Waals surface area contributed by atoms with E-state index in [1.807, 2.05) is 35.9 Å². The van der Waals surface area contributed by atoms with Gasteiger partial charge in [-0.15, -0.1) is 0 Å². The number of carbonyl (C=O) groups is 1. The molecule has 0 aliphatic heterocycles. The molecule has 0 atom stereocenters. The number of hydrogen-bond acceptors (Lipinski definition) is 2. The summed E-state index contributed by atoms with van der Waals surface area (Å²) in [6.07, 6.45) is 1.80. The summed E-state index contributed by atoms with van der Waals surface area (Å²) in [4.78, 5) is 12.5. The number of rotatable bonds is 2. The number of carbonyl (C=O) groups excluding carboxylic acids is 1. The number of phenolic OH excluding ortho intramolecular Hbond substituents is 1. The number of para-hydroxylation sites is 2. The summed E-state index contributed by atoms with van der Waals surface area (Å²) >= 11 is 0. The fourth-order valence-corrected chi connectivity index (χ4v) is 2.33. The van der Waals surface area contributed by atoms with E-state index in [2.05, 4.69) is 0 Å². The van der Waals surface area contributed by atoms with Gasteiger partial charge in [0.25, 0.3) is 0 Å². The van der Waals surface area contributed by atoms with Gasteiger partial charge in [-0.05, 0) is 18.2 Å². The molecular weight excluding hydrogens is 238 g/mol. The van der Waals surface area contributed by atoms with Crippen LogP contribution in [0.25, 0.3) is 10.9 Å². The van der Waals surface area contributed by atoms with Crippen molar-refractivity contribution in [3.63, 3.8) is 0 Å². The van der Waals surface area contributed by atoms with Crippen molar-refractivity contribution in [1.29, 1.82) is 0 Å². The van der Waals surface area contributed by atoms with Crippen molar-refractivity contribution in [3.05, 3.63) is 65.9 Å². The lowest BCUT2D eigenvalue weighted by Gasteiger charge is -2.02. The van der Waals surface area contributed by atoms with Gasteiger partial charge in [-0.1, -0.05) is 30.3 Å². The molecular formula is C16H13NO2. The third-order valence-electron chi connectivity index (χ3n) is 3.29. The number of benzene rings is 2. The Hall–Kier alpha value is -2.55. The number of hydrogen-bond donors (Lipinski definition) is 1. The Morgan fingerprint density at radius 3 is 2.47 bits per heavy atom. The summed E-state index contributed by atoms with van der Waals surface area (Å²) in [6.45, 7) is 0. The zero-order chi connectivity index (χ0) is 13.4. The second-order valence-corrected chi connectivity index (χ2v) is 4.52. The maximum atomic E-state index is 12.5. The van der Waals surface area contributed by atoms with E-state index >= 15 is 0 Å². The first kappa shape index (κ1) is 11.5. The first-order chi connectivity index (χ1) is 9.18. The Morgan fingerprint density at radius 2 is 1.68 bits per heavy atom. The molecule has 3 aromatic rings. The molecule has 3 rings (SSSR count). The van der Waals surface area contributed by atoms with Gasteiger partial charge in [-0.25, -0.2) is 0 Å². The number of ketones is 1. The Kier molecular flexibility index (Phi) is 2.60. The lowest BCUT2D eigenvalue weighted by Crippen LogP contribution is -2.00. The van der Waals surface area contributed by atoms with E-state index in [1.54, 1.807) is 24.4 Å². The lowest BCUT2D eigenvalue weighted by molar-refractivity contribution is 0.103. The summed E-state index contributed by atoms with van der Waals surface area (Å²) < 4.78 is 1.92. The third-order valence-corrected chi connectivity index (χ3v) is 3.29. The maximum absolute atomic E-state index is 12.5. The van der Waals surface area contributed by atoms with Crippen molar-refractivity contribution in [2.45, 2.75) is 0 Å². The van der Waals surface area contributed by atoms with Crippen LogP contribution in [0.5, 0.6) is 5.75 Å². The molecule has 0 spiro atoms. The zero-order valence-electron chi connectivity index (χ0n) is 10.5. The molecule has 0 saturated heterocycles. The van der Waals surface area contributed by atoms with Crippen LogP contribution in [0.4, 0.5) is 0 Å². The fraction of sp³-hybridized carbons (Fsp3) is 0.0625. The standard InChI is InChI=1S/C16H13NO2/c1-17-10-13(11-6-2-4-8-14(11)17)16(19)12-7-3-5-9-15(12)18/h2-10,18H,1H3. The highest BCUT2D eigenvalue weighted by Gasteiger charge is 2.17. The Bertz CT molecular complexity index is 771. The number of phenols is 1. The molecule has 0 bridgehead atoms. The third kappa shape index (κ3) is 1.80. The molecule has 0 unspecified atom stereocenters. The predicted octanol–water partition coefficient (Wildman–Crippen LogP) is 3.11. The number of fused-ring (bicyclic) bond motifs is 1. The van der Waals surface area contributed by atoms with Crippen molar-refractivity contribution >= 4 is 16.7 Å². The molecule has 3 heteroatoms. The van der Waals surface area contributed by atoms with E-state index < -0.39 is 0 Å². The maximum Gasteiger partial charge on any atom is 0.198 e. The lowest BCUT2D eigenvalue weighted by atomic mass is 10.0. The molecule has 1 aromatic heterocycles. The molecule has 19 heavy (non-hydrogen) atoms. The number of nitrogens with zero attached hydrogens (tertiary/aromatic N) is 1. The van der Waals surface area contributed by atoms with E-state index in [0.29, 0.717) is 11.1 Å². The van der Waals surface area contributed by atoms with E-state index in [-0.39, 0.29) is 11.5 Å². The predicted molar refractivity (Wildman–Crippen MR) is 74.5 cm³/mol. The first-order valence-corrected chi connectivity index (χ1v) is 6.05. The summed E-state index contributed by atoms with van der Waals surface area (Å²) in [5.74, 6) is -0.143. The van der Waals surface area contributed by atoms with Gasteiger partial charge in [0.15, 0.2) is 5.78 Å². The molecule has 0 amide bonds. The molecule has 3 nitrogen and oxygen atoms in total. The van der Waals surface area contributed by atoms with Crippen molar-refractivity contribution in [3.8, 4) is 5.75 Å². The van der Waals surface area contributed by atoms with Crippen molar-refractivity contribution in [2.75, 3.05) is 0 Å². The minimum atomic E-state index is -0.157. The van der Waals surface area contributed by atoms with E-state index in [0.717, 1.165) is 10.9 Å². The van der Waals surface area contributed by atoms with Crippen molar-refractivity contribution in [1.82, 2.24) is 4.57 Å². The van der Waals surface area contributed by atoms with Gasteiger partial charge >= 0.3 is 0 Å². The quantitative estimate of drug-likeness (QED) is 0.711. The minimum absolute atomic E-state index is 0.0143. The van der Waals surface area contributed by atoms with Crippen LogP contribution in [-0.2, 0) is 7.05 Å². The van der Waals surface area contributed by atoms with E-state index in [9.17, 15) is 9.90 Å². The second-order valence-electron chi connectivity index (χ2n) is 4.52. The monoisotopic (exact) mass is 251 g/mol. The summed E-state index contributed by atoms with van der Waals surface area (Å²) in [5.41, 5.74) is 1.94.